The summed E-state index contributed by atoms with van der Waals surface area (Å²) in [5, 5.41) is 4.40. The molecule has 2 N–H and O–H groups in total. The van der Waals surface area contributed by atoms with Gasteiger partial charge in [0.25, 0.3) is 15.9 Å². The molecule has 0 saturated carbocycles. The largest absolute Gasteiger partial charge is 0.321 e. The Morgan fingerprint density at radius 3 is 2.42 bits per heavy atom. The van der Waals surface area contributed by atoms with Crippen molar-refractivity contribution >= 4 is 38.6 Å². The Balaban J connectivity index is 1.70. The third-order valence-corrected chi connectivity index (χ3v) is 5.86. The number of aromatic nitrogens is 1. The van der Waals surface area contributed by atoms with Crippen molar-refractivity contribution in [1.29, 1.82) is 0 Å². The van der Waals surface area contributed by atoms with Crippen LogP contribution in [0.15, 0.2) is 70.5 Å². The summed E-state index contributed by atoms with van der Waals surface area (Å²) < 4.78 is 27.0. The van der Waals surface area contributed by atoms with Gasteiger partial charge in [-0.3, -0.25) is 14.5 Å². The molecule has 122 valence electrons. The van der Waals surface area contributed by atoms with Crippen molar-refractivity contribution in [3.05, 3.63) is 71.9 Å². The predicted molar refractivity (Wildman–Crippen MR) is 93.8 cm³/mol. The normalized spacial score (nSPS) is 11.0. The van der Waals surface area contributed by atoms with E-state index in [0.29, 0.717) is 16.9 Å². The second kappa shape index (κ2) is 6.81. The van der Waals surface area contributed by atoms with Crippen LogP contribution in [0.2, 0.25) is 0 Å². The van der Waals surface area contributed by atoms with Crippen LogP contribution < -0.4 is 10.0 Å². The second-order valence-electron chi connectivity index (χ2n) is 4.81. The van der Waals surface area contributed by atoms with Crippen LogP contribution in [-0.2, 0) is 10.0 Å². The highest BCUT2D eigenvalue weighted by atomic mass is 32.2. The lowest BCUT2D eigenvalue weighted by Gasteiger charge is -2.08. The van der Waals surface area contributed by atoms with Gasteiger partial charge in [0, 0.05) is 17.4 Å². The predicted octanol–water partition coefficient (Wildman–Crippen LogP) is 3.20. The SMILES string of the molecule is O=C(Nc1cccnc1)c1ccc(NS(=O)(=O)c2cccs2)cc1. The molecule has 0 bridgehead atoms. The summed E-state index contributed by atoms with van der Waals surface area (Å²) in [4.78, 5) is 16.0. The van der Waals surface area contributed by atoms with E-state index < -0.39 is 10.0 Å². The number of nitrogens with one attached hydrogen (secondary N) is 2. The molecule has 6 nitrogen and oxygen atoms in total. The minimum Gasteiger partial charge on any atom is -0.321 e. The highest BCUT2D eigenvalue weighted by Gasteiger charge is 2.15. The standard InChI is InChI=1S/C16H13N3O3S2/c20-16(18-14-3-1-9-17-11-14)12-5-7-13(8-6-12)19-24(21,22)15-4-2-10-23-15/h1-11,19H,(H,18,20). The zero-order valence-corrected chi connectivity index (χ0v) is 14.0. The van der Waals surface area contributed by atoms with Crippen LogP contribution in [0.25, 0.3) is 0 Å². The summed E-state index contributed by atoms with van der Waals surface area (Å²) in [7, 11) is -3.59. The van der Waals surface area contributed by atoms with Crippen LogP contribution in [-0.4, -0.2) is 19.3 Å². The smallest absolute Gasteiger partial charge is 0.271 e. The molecule has 3 aromatic rings. The molecule has 1 aromatic carbocycles. The molecular weight excluding hydrogens is 346 g/mol. The van der Waals surface area contributed by atoms with E-state index in [1.165, 1.54) is 6.07 Å². The zero-order valence-electron chi connectivity index (χ0n) is 12.3. The zero-order chi connectivity index (χ0) is 17.0. The van der Waals surface area contributed by atoms with Crippen molar-refractivity contribution in [1.82, 2.24) is 4.98 Å². The van der Waals surface area contributed by atoms with Gasteiger partial charge in [0.05, 0.1) is 11.9 Å². The quantitative estimate of drug-likeness (QED) is 0.732. The van der Waals surface area contributed by atoms with E-state index >= 15 is 0 Å². The lowest BCUT2D eigenvalue weighted by molar-refractivity contribution is 0.102. The summed E-state index contributed by atoms with van der Waals surface area (Å²) in [6.07, 6.45) is 3.16. The molecule has 0 saturated heterocycles. The fraction of sp³-hybridized carbons (Fsp3) is 0. The first-order valence-electron chi connectivity index (χ1n) is 6.92. The molecule has 2 heterocycles. The summed E-state index contributed by atoms with van der Waals surface area (Å²) in [5.74, 6) is -0.296. The van der Waals surface area contributed by atoms with Crippen LogP contribution in [0.4, 0.5) is 11.4 Å². The highest BCUT2D eigenvalue weighted by molar-refractivity contribution is 7.94. The van der Waals surface area contributed by atoms with Crippen molar-refractivity contribution in [2.24, 2.45) is 0 Å². The average Bonchev–Trinajstić information content (AvgIpc) is 3.11. The summed E-state index contributed by atoms with van der Waals surface area (Å²) in [5.41, 5.74) is 1.39. The lowest BCUT2D eigenvalue weighted by Crippen LogP contribution is -2.13. The van der Waals surface area contributed by atoms with Gasteiger partial charge in [0.2, 0.25) is 0 Å². The molecule has 0 aliphatic carbocycles. The van der Waals surface area contributed by atoms with Gasteiger partial charge in [-0.2, -0.15) is 0 Å². The number of hydrogen-bond donors (Lipinski definition) is 2. The Kier molecular flexibility index (Phi) is 4.59. The number of nitrogens with zero attached hydrogens (tertiary/aromatic N) is 1. The number of carbonyl (C=O) groups excluding carboxylic acids is 1. The number of sulfonamides is 1. The monoisotopic (exact) mass is 359 g/mol. The van der Waals surface area contributed by atoms with E-state index in [1.807, 2.05) is 0 Å². The van der Waals surface area contributed by atoms with E-state index in [4.69, 9.17) is 0 Å². The molecule has 0 atom stereocenters. The number of amides is 1. The van der Waals surface area contributed by atoms with Gasteiger partial charge in [0.15, 0.2) is 0 Å². The van der Waals surface area contributed by atoms with Gasteiger partial charge in [-0.25, -0.2) is 8.42 Å². The fourth-order valence-electron chi connectivity index (χ4n) is 1.95. The molecule has 0 aliphatic rings. The van der Waals surface area contributed by atoms with Gasteiger partial charge in [-0.15, -0.1) is 11.3 Å². The Morgan fingerprint density at radius 1 is 1.00 bits per heavy atom. The summed E-state index contributed by atoms with van der Waals surface area (Å²) in [6.45, 7) is 0. The lowest BCUT2D eigenvalue weighted by atomic mass is 10.2. The maximum Gasteiger partial charge on any atom is 0.271 e. The van der Waals surface area contributed by atoms with Crippen LogP contribution in [0.5, 0.6) is 0 Å². The molecule has 0 spiro atoms. The molecule has 24 heavy (non-hydrogen) atoms. The van der Waals surface area contributed by atoms with Gasteiger partial charge < -0.3 is 5.32 Å². The molecule has 0 radical (unpaired) electrons. The Bertz CT molecular complexity index is 922. The third-order valence-electron chi connectivity index (χ3n) is 3.08. The number of rotatable bonds is 5. The second-order valence-corrected chi connectivity index (χ2v) is 7.67. The number of pyridine rings is 1. The number of hydrogen-bond acceptors (Lipinski definition) is 5. The van der Waals surface area contributed by atoms with Crippen LogP contribution in [0.1, 0.15) is 10.4 Å². The minimum absolute atomic E-state index is 0.237. The highest BCUT2D eigenvalue weighted by Crippen LogP contribution is 2.20. The van der Waals surface area contributed by atoms with Gasteiger partial charge in [-0.1, -0.05) is 6.07 Å². The maximum absolute atomic E-state index is 12.1. The van der Waals surface area contributed by atoms with Crippen molar-refractivity contribution in [2.45, 2.75) is 4.21 Å². The molecule has 3 rings (SSSR count). The maximum atomic E-state index is 12.1. The number of carbonyl (C=O) groups is 1. The third kappa shape index (κ3) is 3.79. The fourth-order valence-corrected chi connectivity index (χ4v) is 4.00. The molecular formula is C16H13N3O3S2. The van der Waals surface area contributed by atoms with Crippen molar-refractivity contribution in [3.63, 3.8) is 0 Å². The molecule has 0 aliphatic heterocycles. The molecule has 0 fully saturated rings. The van der Waals surface area contributed by atoms with E-state index in [9.17, 15) is 13.2 Å². The van der Waals surface area contributed by atoms with Crippen LogP contribution >= 0.6 is 11.3 Å². The first-order chi connectivity index (χ1) is 11.5. The summed E-state index contributed by atoms with van der Waals surface area (Å²) >= 11 is 1.14. The van der Waals surface area contributed by atoms with Crippen molar-refractivity contribution in [3.8, 4) is 0 Å². The molecule has 2 aromatic heterocycles. The minimum atomic E-state index is -3.59. The molecule has 1 amide bonds. The Hall–Kier alpha value is -2.71. The Morgan fingerprint density at radius 2 is 1.79 bits per heavy atom. The van der Waals surface area contributed by atoms with E-state index in [-0.39, 0.29) is 10.1 Å². The van der Waals surface area contributed by atoms with E-state index in [0.717, 1.165) is 11.3 Å². The van der Waals surface area contributed by atoms with E-state index in [2.05, 4.69) is 15.0 Å². The van der Waals surface area contributed by atoms with Gasteiger partial charge in [0.1, 0.15) is 4.21 Å². The van der Waals surface area contributed by atoms with Crippen molar-refractivity contribution in [2.75, 3.05) is 10.0 Å². The van der Waals surface area contributed by atoms with E-state index in [1.54, 1.807) is 60.2 Å². The first kappa shape index (κ1) is 16.2. The topological polar surface area (TPSA) is 88.2 Å². The first-order valence-corrected chi connectivity index (χ1v) is 9.29. The average molecular weight is 359 g/mol. The van der Waals surface area contributed by atoms with Gasteiger partial charge >= 0.3 is 0 Å². The van der Waals surface area contributed by atoms with Crippen LogP contribution in [0.3, 0.4) is 0 Å². The summed E-state index contributed by atoms with van der Waals surface area (Å²) in [6, 6.07) is 12.9. The van der Waals surface area contributed by atoms with Gasteiger partial charge in [-0.05, 0) is 47.8 Å². The number of thiophene rings is 1. The number of benzene rings is 1. The van der Waals surface area contributed by atoms with Crippen LogP contribution in [0, 0.1) is 0 Å². The Labute approximate surface area is 143 Å². The molecule has 8 heteroatoms. The molecule has 0 unspecified atom stereocenters. The number of anilines is 2. The van der Waals surface area contributed by atoms with Crippen molar-refractivity contribution < 1.29 is 13.2 Å².